The lowest BCUT2D eigenvalue weighted by molar-refractivity contribution is -0.191. The smallest absolute Gasteiger partial charge is 0.303 e. The summed E-state index contributed by atoms with van der Waals surface area (Å²) < 4.78 is 5.23. The number of hydrogen-bond donors (Lipinski definition) is 4. The van der Waals surface area contributed by atoms with Gasteiger partial charge in [0.2, 0.25) is 0 Å². The Morgan fingerprint density at radius 2 is 1.73 bits per heavy atom. The number of ketones is 2. The van der Waals surface area contributed by atoms with Crippen molar-refractivity contribution in [1.82, 2.24) is 0 Å². The number of allylic oxidation sites excluding steroid dienone is 1. The van der Waals surface area contributed by atoms with Crippen molar-refractivity contribution in [2.75, 3.05) is 6.61 Å². The van der Waals surface area contributed by atoms with E-state index in [1.165, 1.54) is 26.0 Å². The summed E-state index contributed by atoms with van der Waals surface area (Å²) in [7, 11) is 0. The Balaban J connectivity index is 1.76. The average molecular weight is 561 g/mol. The topological polar surface area (TPSA) is 141 Å². The van der Waals surface area contributed by atoms with E-state index in [2.05, 4.69) is 6.08 Å². The van der Waals surface area contributed by atoms with E-state index in [4.69, 9.17) is 4.74 Å². The molecule has 4 aliphatic rings. The van der Waals surface area contributed by atoms with Gasteiger partial charge in [0.15, 0.2) is 5.78 Å². The van der Waals surface area contributed by atoms with Crippen LogP contribution in [0.5, 0.6) is 0 Å². The van der Waals surface area contributed by atoms with Gasteiger partial charge in [-0.05, 0) is 81.3 Å². The predicted octanol–water partition coefficient (Wildman–Crippen LogP) is 3.29. The molecule has 40 heavy (non-hydrogen) atoms. The SMILES string of the molecule is CC(=O)OC(C)(C)/C=C/C(=O)[C@](C)(O)[C@H]1[C@@H](O)C[C@@]2(C)[C@@H]3CC=C4[C@@H](CC[C@H](O)C4(C)C)[C@]3(CO)C(=O)C[C@]12C. The van der Waals surface area contributed by atoms with E-state index in [1.807, 2.05) is 27.7 Å². The summed E-state index contributed by atoms with van der Waals surface area (Å²) in [6.07, 6.45) is 5.10. The molecule has 0 aliphatic heterocycles. The lowest BCUT2D eigenvalue weighted by Crippen LogP contribution is -2.66. The van der Waals surface area contributed by atoms with Crippen molar-refractivity contribution in [1.29, 1.82) is 0 Å². The van der Waals surface area contributed by atoms with Crippen molar-refractivity contribution in [2.45, 2.75) is 111 Å². The zero-order valence-corrected chi connectivity index (χ0v) is 25.3. The molecule has 0 bridgehead atoms. The van der Waals surface area contributed by atoms with Crippen LogP contribution in [0, 0.1) is 39.4 Å². The molecule has 0 heterocycles. The minimum atomic E-state index is -2.00. The van der Waals surface area contributed by atoms with Crippen LogP contribution in [0.1, 0.15) is 87.5 Å². The van der Waals surface area contributed by atoms with Gasteiger partial charge in [-0.15, -0.1) is 0 Å². The van der Waals surface area contributed by atoms with E-state index < -0.39 is 62.7 Å². The highest BCUT2D eigenvalue weighted by Gasteiger charge is 2.75. The highest BCUT2D eigenvalue weighted by atomic mass is 16.6. The number of ether oxygens (including phenoxy) is 1. The van der Waals surface area contributed by atoms with Gasteiger partial charge in [0.05, 0.1) is 24.2 Å². The number of rotatable bonds is 6. The predicted molar refractivity (Wildman–Crippen MR) is 149 cm³/mol. The van der Waals surface area contributed by atoms with Crippen LogP contribution >= 0.6 is 0 Å². The highest BCUT2D eigenvalue weighted by Crippen LogP contribution is 2.74. The lowest BCUT2D eigenvalue weighted by atomic mass is 9.38. The minimum Gasteiger partial charge on any atom is -0.456 e. The Kier molecular flexibility index (Phi) is 7.44. The Labute approximate surface area is 237 Å². The van der Waals surface area contributed by atoms with Crippen LogP contribution in [0.15, 0.2) is 23.8 Å². The van der Waals surface area contributed by atoms with E-state index in [9.17, 15) is 34.8 Å². The van der Waals surface area contributed by atoms with Crippen molar-refractivity contribution in [2.24, 2.45) is 39.4 Å². The van der Waals surface area contributed by atoms with Gasteiger partial charge in [-0.25, -0.2) is 0 Å². The maximum atomic E-state index is 14.4. The first kappa shape index (κ1) is 31.1. The molecule has 3 saturated carbocycles. The minimum absolute atomic E-state index is 0.0150. The fourth-order valence-corrected chi connectivity index (χ4v) is 9.56. The lowest BCUT2D eigenvalue weighted by Gasteiger charge is -2.65. The van der Waals surface area contributed by atoms with Crippen LogP contribution in [0.3, 0.4) is 0 Å². The number of aliphatic hydroxyl groups excluding tert-OH is 3. The molecule has 0 unspecified atom stereocenters. The summed E-state index contributed by atoms with van der Waals surface area (Å²) in [6.45, 7) is 13.5. The second-order valence-electron chi connectivity index (χ2n) is 14.7. The van der Waals surface area contributed by atoms with E-state index in [0.717, 1.165) is 5.57 Å². The van der Waals surface area contributed by atoms with Crippen LogP contribution in [0.25, 0.3) is 0 Å². The Hall–Kier alpha value is -1.87. The van der Waals surface area contributed by atoms with Crippen molar-refractivity contribution in [3.05, 3.63) is 23.8 Å². The van der Waals surface area contributed by atoms with Crippen molar-refractivity contribution >= 4 is 17.5 Å². The third-order valence-electron chi connectivity index (χ3n) is 11.7. The molecule has 9 atom stereocenters. The first-order valence-corrected chi connectivity index (χ1v) is 14.6. The van der Waals surface area contributed by atoms with Crippen molar-refractivity contribution in [3.63, 3.8) is 0 Å². The molecule has 8 nitrogen and oxygen atoms in total. The van der Waals surface area contributed by atoms with Crippen LogP contribution in [-0.2, 0) is 19.1 Å². The maximum Gasteiger partial charge on any atom is 0.303 e. The van der Waals surface area contributed by atoms with E-state index in [-0.39, 0.29) is 37.1 Å². The van der Waals surface area contributed by atoms with Crippen molar-refractivity contribution in [3.8, 4) is 0 Å². The molecule has 0 amide bonds. The fourth-order valence-electron chi connectivity index (χ4n) is 9.56. The molecule has 0 aromatic carbocycles. The third-order valence-corrected chi connectivity index (χ3v) is 11.7. The average Bonchev–Trinajstić information content (AvgIpc) is 3.03. The molecular formula is C32H48O8. The van der Waals surface area contributed by atoms with Crippen LogP contribution < -0.4 is 0 Å². The largest absolute Gasteiger partial charge is 0.456 e. The molecule has 0 aromatic heterocycles. The Bertz CT molecular complexity index is 1150. The zero-order chi connectivity index (χ0) is 30.3. The molecule has 0 aromatic rings. The maximum absolute atomic E-state index is 14.4. The molecule has 4 rings (SSSR count). The zero-order valence-electron chi connectivity index (χ0n) is 25.3. The molecule has 224 valence electrons. The summed E-state index contributed by atoms with van der Waals surface area (Å²) in [5.74, 6) is -2.70. The van der Waals surface area contributed by atoms with Gasteiger partial charge in [0.25, 0.3) is 0 Å². The molecule has 3 fully saturated rings. The number of carbonyl (C=O) groups excluding carboxylic acids is 3. The Morgan fingerprint density at radius 1 is 1.10 bits per heavy atom. The number of esters is 1. The molecular weight excluding hydrogens is 512 g/mol. The number of hydrogen-bond acceptors (Lipinski definition) is 8. The quantitative estimate of drug-likeness (QED) is 0.220. The van der Waals surface area contributed by atoms with Gasteiger partial charge >= 0.3 is 5.97 Å². The summed E-state index contributed by atoms with van der Waals surface area (Å²) in [5, 5.41) is 45.1. The molecule has 0 radical (unpaired) electrons. The van der Waals surface area contributed by atoms with E-state index in [1.54, 1.807) is 13.8 Å². The van der Waals surface area contributed by atoms with Gasteiger partial charge < -0.3 is 25.2 Å². The summed E-state index contributed by atoms with van der Waals surface area (Å²) in [5.41, 5.74) is -5.21. The fraction of sp³-hybridized carbons (Fsp3) is 0.781. The molecule has 8 heteroatoms. The summed E-state index contributed by atoms with van der Waals surface area (Å²) in [6, 6.07) is 0. The van der Waals surface area contributed by atoms with E-state index in [0.29, 0.717) is 19.3 Å². The third kappa shape index (κ3) is 4.19. The van der Waals surface area contributed by atoms with Crippen LogP contribution in [0.4, 0.5) is 0 Å². The molecule has 0 saturated heterocycles. The van der Waals surface area contributed by atoms with Gasteiger partial charge in [0, 0.05) is 24.7 Å². The summed E-state index contributed by atoms with van der Waals surface area (Å²) >= 11 is 0. The van der Waals surface area contributed by atoms with Crippen LogP contribution in [-0.4, -0.2) is 68.0 Å². The second-order valence-corrected chi connectivity index (χ2v) is 14.7. The van der Waals surface area contributed by atoms with Gasteiger partial charge in [-0.3, -0.25) is 14.4 Å². The monoisotopic (exact) mass is 560 g/mol. The molecule has 4 N–H and O–H groups in total. The standard InChI is InChI=1S/C32H48O8/c1-18(34)40-27(2,3)14-13-24(37)31(8,39)26-21(35)15-29(6)22-11-9-19-20(10-12-23(36)28(19,4)5)32(22,17-33)25(38)16-30(26,29)7/h9,13-14,20-23,26,33,35-36,39H,10-12,15-17H2,1-8H3/b14-13+/t20-,21+,22+,23+,26+,29+,30-,31+,32+/m1/s1. The van der Waals surface area contributed by atoms with Crippen molar-refractivity contribution < 1.29 is 39.5 Å². The molecule has 4 aliphatic carbocycles. The normalized spacial score (nSPS) is 42.4. The van der Waals surface area contributed by atoms with Gasteiger partial charge in [-0.2, -0.15) is 0 Å². The Morgan fingerprint density at radius 3 is 2.30 bits per heavy atom. The van der Waals surface area contributed by atoms with Gasteiger partial charge in [0.1, 0.15) is 17.0 Å². The number of carbonyl (C=O) groups is 3. The molecule has 0 spiro atoms. The van der Waals surface area contributed by atoms with Gasteiger partial charge in [-0.1, -0.05) is 39.3 Å². The number of aliphatic hydroxyl groups is 4. The van der Waals surface area contributed by atoms with Crippen LogP contribution in [0.2, 0.25) is 0 Å². The number of fused-ring (bicyclic) bond motifs is 5. The van der Waals surface area contributed by atoms with E-state index >= 15 is 0 Å². The second kappa shape index (κ2) is 9.58. The number of Topliss-reactive ketones (excluding diaryl/α,β-unsaturated/α-hetero) is 1. The highest BCUT2D eigenvalue weighted by molar-refractivity contribution is 5.97. The summed E-state index contributed by atoms with van der Waals surface area (Å²) in [4.78, 5) is 39.3. The first-order chi connectivity index (χ1) is 18.2. The first-order valence-electron chi connectivity index (χ1n) is 14.6.